The van der Waals surface area contributed by atoms with Gasteiger partial charge in [0.25, 0.3) is 0 Å². The number of anilines is 1. The maximum Gasteiger partial charge on any atom is 0.248 e. The summed E-state index contributed by atoms with van der Waals surface area (Å²) in [6, 6.07) is 22.4. The first-order chi connectivity index (χ1) is 16.5. The summed E-state index contributed by atoms with van der Waals surface area (Å²) in [6.45, 7) is 2.29. The Kier molecular flexibility index (Phi) is 6.11. The van der Waals surface area contributed by atoms with Gasteiger partial charge in [-0.3, -0.25) is 14.5 Å². The minimum atomic E-state index is -0.813. The largest absolute Gasteiger partial charge is 0.350 e. The van der Waals surface area contributed by atoms with Crippen LogP contribution in [0, 0.1) is 6.92 Å². The van der Waals surface area contributed by atoms with Gasteiger partial charge in [0, 0.05) is 40.8 Å². The molecule has 3 aromatic carbocycles. The average molecular weight is 490 g/mol. The molecule has 1 atom stereocenters. The molecule has 7 heteroatoms. The van der Waals surface area contributed by atoms with Gasteiger partial charge in [0.2, 0.25) is 11.8 Å². The van der Waals surface area contributed by atoms with Crippen molar-refractivity contribution in [3.63, 3.8) is 0 Å². The molecule has 1 aliphatic rings. The third-order valence-corrected chi connectivity index (χ3v) is 7.59. The van der Waals surface area contributed by atoms with Crippen LogP contribution in [0.1, 0.15) is 22.7 Å². The van der Waals surface area contributed by atoms with E-state index in [4.69, 9.17) is 11.6 Å². The lowest BCUT2D eigenvalue weighted by molar-refractivity contribution is -0.125. The Bertz CT molecular complexity index is 1400. The molecule has 1 aliphatic heterocycles. The monoisotopic (exact) mass is 489 g/mol. The van der Waals surface area contributed by atoms with Crippen LogP contribution >= 0.6 is 23.4 Å². The van der Waals surface area contributed by atoms with Crippen molar-refractivity contribution in [3.8, 4) is 0 Å². The van der Waals surface area contributed by atoms with Crippen molar-refractivity contribution in [1.82, 2.24) is 9.88 Å². The second-order valence-corrected chi connectivity index (χ2v) is 9.78. The predicted octanol–water partition coefficient (Wildman–Crippen LogP) is 5.64. The van der Waals surface area contributed by atoms with Gasteiger partial charge in [-0.25, -0.2) is 0 Å². The van der Waals surface area contributed by atoms with Gasteiger partial charge in [-0.2, -0.15) is 0 Å². The Balaban J connectivity index is 1.67. The Hall–Kier alpha value is -3.22. The number of aromatic nitrogens is 1. The number of nitrogens with zero attached hydrogens (tertiary/aromatic N) is 2. The highest BCUT2D eigenvalue weighted by Crippen LogP contribution is 2.44. The van der Waals surface area contributed by atoms with E-state index in [9.17, 15) is 9.59 Å². The van der Waals surface area contributed by atoms with Crippen molar-refractivity contribution in [1.29, 1.82) is 0 Å². The van der Waals surface area contributed by atoms with E-state index in [-0.39, 0.29) is 17.6 Å². The molecule has 0 spiro atoms. The normalized spacial score (nSPS) is 15.8. The number of amides is 2. The molecule has 2 amide bonds. The third kappa shape index (κ3) is 3.97. The van der Waals surface area contributed by atoms with Crippen molar-refractivity contribution >= 4 is 51.8 Å². The molecule has 1 N–H and O–H groups in total. The quantitative estimate of drug-likeness (QED) is 0.404. The standard InChI is InChI=1S/C27H24ClN3O2S/c1-17-14-19(28)12-13-21(17)31-23(32)16-34-27-24(20-10-6-7-11-22(20)30(27)2)25(31)26(33)29-15-18-8-4-3-5-9-18/h3-14,25H,15-16H2,1-2H3,(H,29,33). The van der Waals surface area contributed by atoms with E-state index < -0.39 is 6.04 Å². The van der Waals surface area contributed by atoms with Gasteiger partial charge in [0.15, 0.2) is 0 Å². The second kappa shape index (κ2) is 9.20. The summed E-state index contributed by atoms with van der Waals surface area (Å²) >= 11 is 7.69. The first-order valence-electron chi connectivity index (χ1n) is 11.1. The van der Waals surface area contributed by atoms with E-state index in [1.807, 2.05) is 80.7 Å². The smallest absolute Gasteiger partial charge is 0.248 e. The molecule has 4 aromatic rings. The Labute approximate surface area is 207 Å². The molecule has 0 saturated carbocycles. The topological polar surface area (TPSA) is 54.3 Å². The van der Waals surface area contributed by atoms with E-state index in [2.05, 4.69) is 9.88 Å². The summed E-state index contributed by atoms with van der Waals surface area (Å²) in [4.78, 5) is 29.1. The molecule has 1 aromatic heterocycles. The number of benzene rings is 3. The van der Waals surface area contributed by atoms with E-state index in [0.717, 1.165) is 32.6 Å². The third-order valence-electron chi connectivity index (χ3n) is 6.20. The molecular formula is C27H24ClN3O2S. The summed E-state index contributed by atoms with van der Waals surface area (Å²) < 4.78 is 2.08. The Morgan fingerprint density at radius 2 is 1.82 bits per heavy atom. The fraction of sp³-hybridized carbons (Fsp3) is 0.185. The molecule has 5 rings (SSSR count). The van der Waals surface area contributed by atoms with Crippen LogP contribution < -0.4 is 10.2 Å². The fourth-order valence-electron chi connectivity index (χ4n) is 4.60. The minimum Gasteiger partial charge on any atom is -0.350 e. The molecule has 34 heavy (non-hydrogen) atoms. The maximum absolute atomic E-state index is 13.9. The number of halogens is 1. The van der Waals surface area contributed by atoms with Gasteiger partial charge in [-0.1, -0.05) is 71.9 Å². The zero-order valence-corrected chi connectivity index (χ0v) is 20.5. The van der Waals surface area contributed by atoms with Gasteiger partial charge >= 0.3 is 0 Å². The Morgan fingerprint density at radius 1 is 1.09 bits per heavy atom. The first kappa shape index (κ1) is 22.6. The number of nitrogens with one attached hydrogen (secondary N) is 1. The second-order valence-electron chi connectivity index (χ2n) is 8.38. The number of hydrogen-bond acceptors (Lipinski definition) is 3. The lowest BCUT2D eigenvalue weighted by Gasteiger charge is -2.31. The van der Waals surface area contributed by atoms with Crippen LogP contribution in [0.15, 0.2) is 77.8 Å². The molecule has 0 bridgehead atoms. The van der Waals surface area contributed by atoms with Gasteiger partial charge in [0.1, 0.15) is 6.04 Å². The number of rotatable bonds is 4. The molecule has 0 radical (unpaired) electrons. The molecule has 172 valence electrons. The van der Waals surface area contributed by atoms with Crippen LogP contribution in [-0.2, 0) is 23.2 Å². The highest BCUT2D eigenvalue weighted by molar-refractivity contribution is 8.00. The molecule has 0 aliphatic carbocycles. The van der Waals surface area contributed by atoms with Crippen LogP contribution in [0.2, 0.25) is 5.02 Å². The summed E-state index contributed by atoms with van der Waals surface area (Å²) in [7, 11) is 1.99. The summed E-state index contributed by atoms with van der Waals surface area (Å²) in [5, 5.41) is 5.58. The van der Waals surface area contributed by atoms with Crippen LogP contribution in [0.25, 0.3) is 10.9 Å². The molecule has 0 fully saturated rings. The number of carbonyl (C=O) groups excluding carboxylic acids is 2. The minimum absolute atomic E-state index is 0.115. The lowest BCUT2D eigenvalue weighted by atomic mass is 10.0. The molecule has 2 heterocycles. The molecule has 1 unspecified atom stereocenters. The maximum atomic E-state index is 13.9. The first-order valence-corrected chi connectivity index (χ1v) is 12.4. The summed E-state index contributed by atoms with van der Waals surface area (Å²) in [5.74, 6) is -0.0935. The lowest BCUT2D eigenvalue weighted by Crippen LogP contribution is -2.44. The average Bonchev–Trinajstić information content (AvgIpc) is 3.02. The van der Waals surface area contributed by atoms with Crippen LogP contribution in [0.3, 0.4) is 0 Å². The van der Waals surface area contributed by atoms with E-state index in [1.165, 1.54) is 11.8 Å². The number of carbonyl (C=O) groups is 2. The number of aryl methyl sites for hydroxylation is 2. The van der Waals surface area contributed by atoms with E-state index in [0.29, 0.717) is 17.3 Å². The zero-order chi connectivity index (χ0) is 23.8. The number of para-hydroxylation sites is 1. The van der Waals surface area contributed by atoms with Crippen molar-refractivity contribution in [3.05, 3.63) is 94.5 Å². The fourth-order valence-corrected chi connectivity index (χ4v) is 5.90. The van der Waals surface area contributed by atoms with E-state index in [1.54, 1.807) is 11.0 Å². The number of fused-ring (bicyclic) bond motifs is 3. The van der Waals surface area contributed by atoms with Crippen LogP contribution in [-0.4, -0.2) is 22.1 Å². The zero-order valence-electron chi connectivity index (χ0n) is 18.9. The van der Waals surface area contributed by atoms with Gasteiger partial charge in [-0.05, 0) is 42.3 Å². The van der Waals surface area contributed by atoms with Crippen LogP contribution in [0.4, 0.5) is 5.69 Å². The van der Waals surface area contributed by atoms with Crippen molar-refractivity contribution in [2.24, 2.45) is 7.05 Å². The Morgan fingerprint density at radius 3 is 2.59 bits per heavy atom. The molecule has 5 nitrogen and oxygen atoms in total. The van der Waals surface area contributed by atoms with Gasteiger partial charge in [0.05, 0.1) is 10.8 Å². The van der Waals surface area contributed by atoms with E-state index >= 15 is 0 Å². The number of hydrogen-bond donors (Lipinski definition) is 1. The van der Waals surface area contributed by atoms with Crippen molar-refractivity contribution in [2.75, 3.05) is 10.7 Å². The predicted molar refractivity (Wildman–Crippen MR) is 138 cm³/mol. The highest BCUT2D eigenvalue weighted by Gasteiger charge is 2.40. The van der Waals surface area contributed by atoms with Gasteiger partial charge in [-0.15, -0.1) is 0 Å². The summed E-state index contributed by atoms with van der Waals surface area (Å²) in [6.07, 6.45) is 0. The summed E-state index contributed by atoms with van der Waals surface area (Å²) in [5.41, 5.74) is 4.42. The van der Waals surface area contributed by atoms with Crippen molar-refractivity contribution in [2.45, 2.75) is 24.5 Å². The highest BCUT2D eigenvalue weighted by atomic mass is 35.5. The molecular weight excluding hydrogens is 466 g/mol. The number of thioether (sulfide) groups is 1. The van der Waals surface area contributed by atoms with Gasteiger partial charge < -0.3 is 9.88 Å². The SMILES string of the molecule is Cc1cc(Cl)ccc1N1C(=O)CSc2c(c3ccccc3n2C)C1C(=O)NCc1ccccc1. The molecule has 0 saturated heterocycles. The van der Waals surface area contributed by atoms with Crippen molar-refractivity contribution < 1.29 is 9.59 Å². The van der Waals surface area contributed by atoms with Crippen LogP contribution in [0.5, 0.6) is 0 Å².